The van der Waals surface area contributed by atoms with Crippen molar-refractivity contribution >= 4 is 15.9 Å². The monoisotopic (exact) mass is 344 g/mol. The average molecular weight is 345 g/mol. The molecule has 0 aromatic carbocycles. The van der Waals surface area contributed by atoms with Gasteiger partial charge in [0.15, 0.2) is 0 Å². The minimum atomic E-state index is 0.360. The predicted molar refractivity (Wildman–Crippen MR) is 89.0 cm³/mol. The third-order valence-corrected chi connectivity index (χ3v) is 4.33. The van der Waals surface area contributed by atoms with Crippen molar-refractivity contribution in [1.82, 2.24) is 20.0 Å². The van der Waals surface area contributed by atoms with Crippen LogP contribution in [0.1, 0.15) is 45.3 Å². The summed E-state index contributed by atoms with van der Waals surface area (Å²) in [5, 5.41) is 8.22. The van der Waals surface area contributed by atoms with E-state index in [-0.39, 0.29) is 0 Å². The molecule has 0 saturated heterocycles. The molecule has 0 fully saturated rings. The van der Waals surface area contributed by atoms with Crippen LogP contribution in [0.4, 0.5) is 0 Å². The van der Waals surface area contributed by atoms with Crippen LogP contribution in [-0.2, 0) is 6.54 Å². The molecule has 1 aromatic rings. The molecule has 116 valence electrons. The zero-order valence-corrected chi connectivity index (χ0v) is 15.1. The smallest absolute Gasteiger partial charge is 0.0698 e. The van der Waals surface area contributed by atoms with Crippen LogP contribution in [0.3, 0.4) is 0 Å². The molecular weight excluding hydrogens is 316 g/mol. The maximum atomic E-state index is 4.54. The molecule has 2 unspecified atom stereocenters. The van der Waals surface area contributed by atoms with E-state index in [1.54, 1.807) is 0 Å². The Labute approximate surface area is 132 Å². The fourth-order valence-electron chi connectivity index (χ4n) is 2.26. The van der Waals surface area contributed by atoms with Crippen molar-refractivity contribution in [3.05, 3.63) is 16.4 Å². The zero-order chi connectivity index (χ0) is 15.1. The molecule has 0 aliphatic carbocycles. The normalized spacial score (nSPS) is 14.8. The van der Waals surface area contributed by atoms with Gasteiger partial charge in [-0.15, -0.1) is 0 Å². The Morgan fingerprint density at radius 2 is 2.10 bits per heavy atom. The third kappa shape index (κ3) is 4.86. The van der Waals surface area contributed by atoms with E-state index >= 15 is 0 Å². The minimum Gasteiger partial charge on any atom is -0.308 e. The Hall–Kier alpha value is -0.390. The number of rotatable bonds is 9. The second kappa shape index (κ2) is 8.80. The first-order valence-corrected chi connectivity index (χ1v) is 8.39. The number of nitrogens with one attached hydrogen (secondary N) is 1. The fourth-order valence-corrected chi connectivity index (χ4v) is 2.80. The Balaban J connectivity index is 2.95. The van der Waals surface area contributed by atoms with Gasteiger partial charge in [-0.2, -0.15) is 5.10 Å². The molecule has 0 radical (unpaired) electrons. The summed E-state index contributed by atoms with van der Waals surface area (Å²) in [6.45, 7) is 9.74. The third-order valence-electron chi connectivity index (χ3n) is 3.71. The average Bonchev–Trinajstić information content (AvgIpc) is 2.78. The first-order valence-electron chi connectivity index (χ1n) is 7.60. The lowest BCUT2D eigenvalue weighted by Crippen LogP contribution is -2.31. The van der Waals surface area contributed by atoms with E-state index in [0.717, 1.165) is 36.9 Å². The van der Waals surface area contributed by atoms with Gasteiger partial charge < -0.3 is 10.2 Å². The van der Waals surface area contributed by atoms with E-state index in [2.05, 4.69) is 70.8 Å². The molecule has 0 spiro atoms. The highest BCUT2D eigenvalue weighted by Crippen LogP contribution is 2.30. The van der Waals surface area contributed by atoms with Gasteiger partial charge in [-0.1, -0.05) is 27.2 Å². The van der Waals surface area contributed by atoms with Crippen molar-refractivity contribution in [1.29, 1.82) is 0 Å². The summed E-state index contributed by atoms with van der Waals surface area (Å²) in [6.07, 6.45) is 4.23. The van der Waals surface area contributed by atoms with Gasteiger partial charge in [-0.25, -0.2) is 0 Å². The number of aromatic nitrogens is 2. The molecule has 0 saturated carbocycles. The molecule has 20 heavy (non-hydrogen) atoms. The molecular formula is C15H29BrN4. The number of hydrogen-bond donors (Lipinski definition) is 1. The lowest BCUT2D eigenvalue weighted by atomic mass is 9.96. The van der Waals surface area contributed by atoms with Crippen molar-refractivity contribution in [3.63, 3.8) is 0 Å². The van der Waals surface area contributed by atoms with Crippen molar-refractivity contribution in [2.75, 3.05) is 27.2 Å². The van der Waals surface area contributed by atoms with Crippen LogP contribution in [-0.4, -0.2) is 41.9 Å². The van der Waals surface area contributed by atoms with Crippen molar-refractivity contribution in [2.45, 2.75) is 46.2 Å². The summed E-state index contributed by atoms with van der Waals surface area (Å²) in [5.41, 5.74) is 1.29. The molecule has 1 rings (SSSR count). The van der Waals surface area contributed by atoms with Gasteiger partial charge in [-0.3, -0.25) is 4.68 Å². The summed E-state index contributed by atoms with van der Waals surface area (Å²) >= 11 is 3.68. The number of likely N-dealkylation sites (N-methyl/N-ethyl adjacent to an activating group) is 1. The Morgan fingerprint density at radius 3 is 2.65 bits per heavy atom. The van der Waals surface area contributed by atoms with E-state index in [4.69, 9.17) is 0 Å². The molecule has 0 aliphatic rings. The van der Waals surface area contributed by atoms with Crippen LogP contribution in [0.2, 0.25) is 0 Å². The van der Waals surface area contributed by atoms with Gasteiger partial charge in [0.1, 0.15) is 0 Å². The molecule has 1 aromatic heterocycles. The number of nitrogens with zero attached hydrogens (tertiary/aromatic N) is 3. The van der Waals surface area contributed by atoms with Crippen molar-refractivity contribution < 1.29 is 0 Å². The summed E-state index contributed by atoms with van der Waals surface area (Å²) in [5.74, 6) is 0.590. The maximum absolute atomic E-state index is 4.54. The topological polar surface area (TPSA) is 33.1 Å². The molecule has 0 aliphatic heterocycles. The van der Waals surface area contributed by atoms with Crippen LogP contribution < -0.4 is 5.32 Å². The summed E-state index contributed by atoms with van der Waals surface area (Å²) in [4.78, 5) is 2.19. The maximum Gasteiger partial charge on any atom is 0.0698 e. The SMILES string of the molecule is CCCNC(c1c(Br)cnn1CCN(C)C)C(C)CC. The molecule has 0 amide bonds. The van der Waals surface area contributed by atoms with Gasteiger partial charge in [0, 0.05) is 6.54 Å². The molecule has 0 bridgehead atoms. The van der Waals surface area contributed by atoms with Crippen molar-refractivity contribution in [2.24, 2.45) is 5.92 Å². The van der Waals surface area contributed by atoms with Crippen molar-refractivity contribution in [3.8, 4) is 0 Å². The zero-order valence-electron chi connectivity index (χ0n) is 13.5. The highest BCUT2D eigenvalue weighted by atomic mass is 79.9. The molecule has 2 atom stereocenters. The first-order chi connectivity index (χ1) is 9.51. The van der Waals surface area contributed by atoms with Gasteiger partial charge in [0.05, 0.1) is 29.0 Å². The highest BCUT2D eigenvalue weighted by molar-refractivity contribution is 9.10. The van der Waals surface area contributed by atoms with Gasteiger partial charge in [0.25, 0.3) is 0 Å². The van der Waals surface area contributed by atoms with E-state index < -0.39 is 0 Å². The Bertz CT molecular complexity index is 389. The standard InChI is InChI=1S/C15H29BrN4/c1-6-8-17-14(12(3)7-2)15-13(16)11-18-20(15)10-9-19(4)5/h11-12,14,17H,6-10H2,1-5H3. The van der Waals surface area contributed by atoms with E-state index in [1.807, 2.05) is 6.20 Å². The van der Waals surface area contributed by atoms with E-state index in [1.165, 1.54) is 5.69 Å². The number of hydrogen-bond acceptors (Lipinski definition) is 3. The van der Waals surface area contributed by atoms with Crippen LogP contribution in [0.15, 0.2) is 10.7 Å². The second-order valence-electron chi connectivity index (χ2n) is 5.72. The lowest BCUT2D eigenvalue weighted by Gasteiger charge is -2.26. The van der Waals surface area contributed by atoms with Crippen LogP contribution >= 0.6 is 15.9 Å². The van der Waals surface area contributed by atoms with Crippen LogP contribution in [0.25, 0.3) is 0 Å². The molecule has 4 nitrogen and oxygen atoms in total. The molecule has 1 heterocycles. The van der Waals surface area contributed by atoms with E-state index in [9.17, 15) is 0 Å². The van der Waals surface area contributed by atoms with Gasteiger partial charge >= 0.3 is 0 Å². The Kier molecular flexibility index (Phi) is 7.77. The lowest BCUT2D eigenvalue weighted by molar-refractivity contribution is 0.330. The van der Waals surface area contributed by atoms with Crippen LogP contribution in [0, 0.1) is 5.92 Å². The first kappa shape index (κ1) is 17.7. The highest BCUT2D eigenvalue weighted by Gasteiger charge is 2.24. The summed E-state index contributed by atoms with van der Waals surface area (Å²) in [7, 11) is 4.19. The minimum absolute atomic E-state index is 0.360. The quantitative estimate of drug-likeness (QED) is 0.746. The molecule has 1 N–H and O–H groups in total. The van der Waals surface area contributed by atoms with Crippen LogP contribution in [0.5, 0.6) is 0 Å². The fraction of sp³-hybridized carbons (Fsp3) is 0.800. The predicted octanol–water partition coefficient (Wildman–Crippen LogP) is 3.29. The number of halogens is 1. The summed E-state index contributed by atoms with van der Waals surface area (Å²) in [6, 6.07) is 0.360. The van der Waals surface area contributed by atoms with Gasteiger partial charge in [-0.05, 0) is 48.9 Å². The summed E-state index contributed by atoms with van der Waals surface area (Å²) < 4.78 is 3.26. The second-order valence-corrected chi connectivity index (χ2v) is 6.58. The largest absolute Gasteiger partial charge is 0.308 e. The molecule has 5 heteroatoms. The van der Waals surface area contributed by atoms with Gasteiger partial charge in [0.2, 0.25) is 0 Å². The van der Waals surface area contributed by atoms with E-state index in [0.29, 0.717) is 12.0 Å². The Morgan fingerprint density at radius 1 is 1.40 bits per heavy atom.